The minimum absolute atomic E-state index is 0.107. The molecule has 74 valence electrons. The van der Waals surface area contributed by atoms with Crippen LogP contribution >= 0.6 is 0 Å². The van der Waals surface area contributed by atoms with E-state index < -0.39 is 0 Å². The zero-order chi connectivity index (χ0) is 9.26. The zero-order valence-electron chi connectivity index (χ0n) is 8.04. The number of piperidine rings is 2. The smallest absolute Gasteiger partial charge is 0.221 e. The standard InChI is InChI=1S/C10H18N2O/c11-10(13)8-4-5-9-3-1-2-6-12(9)7-8/h8-9H,1-7H2,(H2,11,13). The van der Waals surface area contributed by atoms with Gasteiger partial charge in [0.25, 0.3) is 0 Å². The second kappa shape index (κ2) is 3.66. The van der Waals surface area contributed by atoms with Gasteiger partial charge in [-0.2, -0.15) is 0 Å². The maximum absolute atomic E-state index is 11.0. The molecule has 2 unspecified atom stereocenters. The largest absolute Gasteiger partial charge is 0.369 e. The Balaban J connectivity index is 1.95. The minimum atomic E-state index is -0.107. The maximum atomic E-state index is 11.0. The third-order valence-corrected chi connectivity index (χ3v) is 3.45. The molecule has 0 aromatic carbocycles. The molecule has 0 radical (unpaired) electrons. The predicted octanol–water partition coefficient (Wildman–Crippen LogP) is 0.736. The topological polar surface area (TPSA) is 46.3 Å². The number of fused-ring (bicyclic) bond motifs is 1. The van der Waals surface area contributed by atoms with Crippen LogP contribution in [-0.2, 0) is 4.79 Å². The fourth-order valence-corrected chi connectivity index (χ4v) is 2.63. The van der Waals surface area contributed by atoms with Gasteiger partial charge in [0.15, 0.2) is 0 Å². The fraction of sp³-hybridized carbons (Fsp3) is 0.900. The maximum Gasteiger partial charge on any atom is 0.221 e. The average Bonchev–Trinajstić information content (AvgIpc) is 2.17. The van der Waals surface area contributed by atoms with E-state index in [1.54, 1.807) is 0 Å². The van der Waals surface area contributed by atoms with Crippen molar-refractivity contribution in [2.24, 2.45) is 11.7 Å². The molecule has 3 nitrogen and oxygen atoms in total. The van der Waals surface area contributed by atoms with Gasteiger partial charge in [-0.1, -0.05) is 6.42 Å². The first-order valence-electron chi connectivity index (χ1n) is 5.31. The Morgan fingerprint density at radius 3 is 2.85 bits per heavy atom. The Bertz CT molecular complexity index is 205. The SMILES string of the molecule is NC(=O)C1CCC2CCCCN2C1. The molecule has 2 heterocycles. The van der Waals surface area contributed by atoms with E-state index in [2.05, 4.69) is 4.90 Å². The van der Waals surface area contributed by atoms with Crippen LogP contribution < -0.4 is 5.73 Å². The molecule has 2 fully saturated rings. The summed E-state index contributed by atoms with van der Waals surface area (Å²) < 4.78 is 0. The van der Waals surface area contributed by atoms with Crippen LogP contribution in [0.15, 0.2) is 0 Å². The van der Waals surface area contributed by atoms with E-state index in [0.29, 0.717) is 0 Å². The molecule has 2 rings (SSSR count). The number of carbonyl (C=O) groups excluding carboxylic acids is 1. The molecule has 13 heavy (non-hydrogen) atoms. The van der Waals surface area contributed by atoms with Crippen LogP contribution in [0.25, 0.3) is 0 Å². The van der Waals surface area contributed by atoms with Gasteiger partial charge < -0.3 is 5.73 Å². The van der Waals surface area contributed by atoms with E-state index in [0.717, 1.165) is 19.0 Å². The average molecular weight is 182 g/mol. The van der Waals surface area contributed by atoms with Crippen LogP contribution in [0.4, 0.5) is 0 Å². The number of carbonyl (C=O) groups is 1. The molecule has 0 aromatic rings. The molecular weight excluding hydrogens is 164 g/mol. The van der Waals surface area contributed by atoms with E-state index >= 15 is 0 Å². The number of hydrogen-bond donors (Lipinski definition) is 1. The summed E-state index contributed by atoms with van der Waals surface area (Å²) in [4.78, 5) is 13.5. The third-order valence-electron chi connectivity index (χ3n) is 3.45. The monoisotopic (exact) mass is 182 g/mol. The fourth-order valence-electron chi connectivity index (χ4n) is 2.63. The first kappa shape index (κ1) is 9.00. The van der Waals surface area contributed by atoms with Gasteiger partial charge >= 0.3 is 0 Å². The molecule has 0 spiro atoms. The number of amides is 1. The zero-order valence-corrected chi connectivity index (χ0v) is 8.04. The van der Waals surface area contributed by atoms with Gasteiger partial charge in [0, 0.05) is 12.6 Å². The van der Waals surface area contributed by atoms with Gasteiger partial charge in [0.05, 0.1) is 5.92 Å². The minimum Gasteiger partial charge on any atom is -0.369 e. The number of rotatable bonds is 1. The molecule has 0 saturated carbocycles. The summed E-state index contributed by atoms with van der Waals surface area (Å²) in [7, 11) is 0. The summed E-state index contributed by atoms with van der Waals surface area (Å²) in [6.07, 6.45) is 6.17. The van der Waals surface area contributed by atoms with Gasteiger partial charge in [0.2, 0.25) is 5.91 Å². The van der Waals surface area contributed by atoms with Crippen molar-refractivity contribution >= 4 is 5.91 Å². The van der Waals surface area contributed by atoms with Crippen molar-refractivity contribution < 1.29 is 4.79 Å². The van der Waals surface area contributed by atoms with Gasteiger partial charge in [-0.25, -0.2) is 0 Å². The highest BCUT2D eigenvalue weighted by Crippen LogP contribution is 2.28. The molecule has 2 saturated heterocycles. The van der Waals surface area contributed by atoms with Crippen LogP contribution in [0.5, 0.6) is 0 Å². The Kier molecular flexibility index (Phi) is 2.54. The third kappa shape index (κ3) is 1.85. The highest BCUT2D eigenvalue weighted by molar-refractivity contribution is 5.76. The summed E-state index contributed by atoms with van der Waals surface area (Å²) in [6.45, 7) is 2.09. The van der Waals surface area contributed by atoms with Crippen molar-refractivity contribution in [3.05, 3.63) is 0 Å². The van der Waals surface area contributed by atoms with Crippen molar-refractivity contribution in [2.45, 2.75) is 38.1 Å². The molecule has 2 N–H and O–H groups in total. The molecule has 2 aliphatic rings. The van der Waals surface area contributed by atoms with Gasteiger partial charge in [-0.05, 0) is 32.2 Å². The van der Waals surface area contributed by atoms with Crippen molar-refractivity contribution in [3.63, 3.8) is 0 Å². The quantitative estimate of drug-likeness (QED) is 0.650. The van der Waals surface area contributed by atoms with Crippen LogP contribution in [0.1, 0.15) is 32.1 Å². The Hall–Kier alpha value is -0.570. The Morgan fingerprint density at radius 1 is 1.23 bits per heavy atom. The van der Waals surface area contributed by atoms with Crippen LogP contribution in [0, 0.1) is 5.92 Å². The number of nitrogens with two attached hydrogens (primary N) is 1. The number of nitrogens with zero attached hydrogens (tertiary/aromatic N) is 1. The molecule has 0 aliphatic carbocycles. The molecule has 0 aromatic heterocycles. The predicted molar refractivity (Wildman–Crippen MR) is 51.1 cm³/mol. The lowest BCUT2D eigenvalue weighted by atomic mass is 9.87. The van der Waals surface area contributed by atoms with E-state index in [4.69, 9.17) is 5.73 Å². The highest BCUT2D eigenvalue weighted by Gasteiger charge is 2.31. The van der Waals surface area contributed by atoms with E-state index in [-0.39, 0.29) is 11.8 Å². The Morgan fingerprint density at radius 2 is 2.08 bits per heavy atom. The summed E-state index contributed by atoms with van der Waals surface area (Å²) in [5, 5.41) is 0. The van der Waals surface area contributed by atoms with Crippen molar-refractivity contribution in [1.82, 2.24) is 4.90 Å². The lowest BCUT2D eigenvalue weighted by Gasteiger charge is -2.41. The first-order chi connectivity index (χ1) is 6.27. The summed E-state index contributed by atoms with van der Waals surface area (Å²) in [5.74, 6) is 0.0124. The van der Waals surface area contributed by atoms with Gasteiger partial charge in [-0.3, -0.25) is 9.69 Å². The number of hydrogen-bond acceptors (Lipinski definition) is 2. The highest BCUT2D eigenvalue weighted by atomic mass is 16.1. The second-order valence-electron chi connectivity index (χ2n) is 4.32. The molecule has 2 atom stereocenters. The molecule has 0 bridgehead atoms. The summed E-state index contributed by atoms with van der Waals surface area (Å²) in [6, 6.07) is 0.754. The van der Waals surface area contributed by atoms with E-state index in [1.807, 2.05) is 0 Å². The Labute approximate surface area is 79.3 Å². The van der Waals surface area contributed by atoms with Crippen LogP contribution in [0.3, 0.4) is 0 Å². The summed E-state index contributed by atoms with van der Waals surface area (Å²) in [5.41, 5.74) is 5.32. The second-order valence-corrected chi connectivity index (χ2v) is 4.32. The molecule has 2 aliphatic heterocycles. The molecule has 3 heteroatoms. The van der Waals surface area contributed by atoms with Gasteiger partial charge in [0.1, 0.15) is 0 Å². The van der Waals surface area contributed by atoms with E-state index in [1.165, 1.54) is 32.2 Å². The lowest BCUT2D eigenvalue weighted by molar-refractivity contribution is -0.124. The normalized spacial score (nSPS) is 35.4. The summed E-state index contributed by atoms with van der Waals surface area (Å²) >= 11 is 0. The molecule has 1 amide bonds. The first-order valence-corrected chi connectivity index (χ1v) is 5.31. The van der Waals surface area contributed by atoms with E-state index in [9.17, 15) is 4.79 Å². The van der Waals surface area contributed by atoms with Crippen LogP contribution in [0.2, 0.25) is 0 Å². The molecular formula is C10H18N2O. The van der Waals surface area contributed by atoms with Crippen LogP contribution in [-0.4, -0.2) is 29.9 Å². The number of primary amides is 1. The van der Waals surface area contributed by atoms with Gasteiger partial charge in [-0.15, -0.1) is 0 Å². The van der Waals surface area contributed by atoms with Crippen molar-refractivity contribution in [2.75, 3.05) is 13.1 Å². The van der Waals surface area contributed by atoms with Crippen molar-refractivity contribution in [3.8, 4) is 0 Å². The van der Waals surface area contributed by atoms with Crippen molar-refractivity contribution in [1.29, 1.82) is 0 Å². The lowest BCUT2D eigenvalue weighted by Crippen LogP contribution is -2.48.